The van der Waals surface area contributed by atoms with E-state index in [0.717, 1.165) is 11.1 Å². The molecule has 2 aromatic heterocycles. The van der Waals surface area contributed by atoms with Crippen molar-refractivity contribution in [1.29, 1.82) is 0 Å². The van der Waals surface area contributed by atoms with E-state index in [2.05, 4.69) is 15.6 Å². The van der Waals surface area contributed by atoms with Crippen LogP contribution in [0.25, 0.3) is 5.82 Å². The number of benzene rings is 2. The first-order chi connectivity index (χ1) is 14.1. The molecule has 1 amide bonds. The van der Waals surface area contributed by atoms with E-state index in [-0.39, 0.29) is 11.6 Å². The Kier molecular flexibility index (Phi) is 5.44. The first-order valence-electron chi connectivity index (χ1n) is 9.25. The molecule has 4 aromatic rings. The second-order valence-electron chi connectivity index (χ2n) is 6.81. The summed E-state index contributed by atoms with van der Waals surface area (Å²) in [4.78, 5) is 12.9. The van der Waals surface area contributed by atoms with Gasteiger partial charge in [-0.1, -0.05) is 58.8 Å². The maximum absolute atomic E-state index is 12.9. The minimum absolute atomic E-state index is 0.272. The van der Waals surface area contributed by atoms with Crippen molar-refractivity contribution >= 4 is 17.5 Å². The van der Waals surface area contributed by atoms with Crippen LogP contribution in [0.5, 0.6) is 0 Å². The van der Waals surface area contributed by atoms with E-state index in [0.29, 0.717) is 23.9 Å². The lowest BCUT2D eigenvalue weighted by Gasteiger charge is -2.10. The Morgan fingerprint density at radius 2 is 1.79 bits per heavy atom. The van der Waals surface area contributed by atoms with Crippen LogP contribution in [-0.2, 0) is 13.1 Å². The molecule has 0 atom stereocenters. The predicted octanol–water partition coefficient (Wildman–Crippen LogP) is 4.01. The molecule has 0 saturated heterocycles. The fourth-order valence-electron chi connectivity index (χ4n) is 3.07. The van der Waals surface area contributed by atoms with Crippen molar-refractivity contribution in [3.63, 3.8) is 0 Å². The zero-order valence-corrected chi connectivity index (χ0v) is 16.7. The summed E-state index contributed by atoms with van der Waals surface area (Å²) in [5, 5.41) is 12.0. The summed E-state index contributed by atoms with van der Waals surface area (Å²) in [6.07, 6.45) is 3.73. The highest BCUT2D eigenvalue weighted by molar-refractivity contribution is 6.30. The molecule has 2 aromatic carbocycles. The molecule has 0 fully saturated rings. The molecule has 6 nitrogen and oxygen atoms in total. The van der Waals surface area contributed by atoms with Crippen LogP contribution >= 0.6 is 11.6 Å². The third-order valence-electron chi connectivity index (χ3n) is 4.57. The van der Waals surface area contributed by atoms with E-state index in [9.17, 15) is 4.79 Å². The fraction of sp³-hybridized carbons (Fsp3) is 0.136. The molecule has 7 heteroatoms. The SMILES string of the molecule is Cc1ccc(CNC(=O)c2nnn(Cc3cccc(Cl)c3)c2-n2cccc2)cc1. The lowest BCUT2D eigenvalue weighted by molar-refractivity contribution is 0.0946. The summed E-state index contributed by atoms with van der Waals surface area (Å²) >= 11 is 6.10. The van der Waals surface area contributed by atoms with Gasteiger partial charge in [0.05, 0.1) is 6.54 Å². The Hall–Kier alpha value is -3.38. The van der Waals surface area contributed by atoms with Crippen LogP contribution in [0, 0.1) is 6.92 Å². The molecule has 0 aliphatic carbocycles. The van der Waals surface area contributed by atoms with Gasteiger partial charge in [0.15, 0.2) is 11.5 Å². The number of amides is 1. The summed E-state index contributed by atoms with van der Waals surface area (Å²) < 4.78 is 3.54. The molecular formula is C22H20ClN5O. The molecule has 0 aliphatic rings. The van der Waals surface area contributed by atoms with Crippen molar-refractivity contribution in [2.75, 3.05) is 0 Å². The number of rotatable bonds is 6. The average molecular weight is 406 g/mol. The molecule has 0 unspecified atom stereocenters. The maximum atomic E-state index is 12.9. The van der Waals surface area contributed by atoms with Crippen molar-refractivity contribution in [3.8, 4) is 5.82 Å². The van der Waals surface area contributed by atoms with Gasteiger partial charge in [0, 0.05) is 24.0 Å². The minimum atomic E-state index is -0.272. The number of halogens is 1. The molecule has 146 valence electrons. The second kappa shape index (κ2) is 8.32. The van der Waals surface area contributed by atoms with Crippen LogP contribution in [0.1, 0.15) is 27.2 Å². The number of carbonyl (C=O) groups is 1. The van der Waals surface area contributed by atoms with Crippen LogP contribution in [0.4, 0.5) is 0 Å². The van der Waals surface area contributed by atoms with Gasteiger partial charge in [-0.15, -0.1) is 5.10 Å². The highest BCUT2D eigenvalue weighted by atomic mass is 35.5. The van der Waals surface area contributed by atoms with Crippen molar-refractivity contribution < 1.29 is 4.79 Å². The van der Waals surface area contributed by atoms with Crippen LogP contribution in [0.3, 0.4) is 0 Å². The van der Waals surface area contributed by atoms with Crippen molar-refractivity contribution in [2.45, 2.75) is 20.0 Å². The van der Waals surface area contributed by atoms with Gasteiger partial charge in [0.1, 0.15) is 0 Å². The number of hydrogen-bond donors (Lipinski definition) is 1. The number of carbonyl (C=O) groups excluding carboxylic acids is 1. The van der Waals surface area contributed by atoms with Gasteiger partial charge in [-0.25, -0.2) is 4.68 Å². The van der Waals surface area contributed by atoms with Crippen LogP contribution < -0.4 is 5.32 Å². The van der Waals surface area contributed by atoms with Gasteiger partial charge in [-0.2, -0.15) is 0 Å². The monoisotopic (exact) mass is 405 g/mol. The zero-order chi connectivity index (χ0) is 20.2. The lowest BCUT2D eigenvalue weighted by atomic mass is 10.1. The Labute approximate surface area is 173 Å². The summed E-state index contributed by atoms with van der Waals surface area (Å²) in [5.41, 5.74) is 3.45. The number of aromatic nitrogens is 4. The van der Waals surface area contributed by atoms with E-state index >= 15 is 0 Å². The molecular weight excluding hydrogens is 386 g/mol. The third kappa shape index (κ3) is 4.38. The summed E-state index contributed by atoms with van der Waals surface area (Å²) in [5.74, 6) is 0.336. The van der Waals surface area contributed by atoms with Crippen molar-refractivity contribution in [2.24, 2.45) is 0 Å². The molecule has 0 aliphatic heterocycles. The topological polar surface area (TPSA) is 64.7 Å². The molecule has 0 radical (unpaired) electrons. The minimum Gasteiger partial charge on any atom is -0.346 e. The van der Waals surface area contributed by atoms with E-state index in [1.54, 1.807) is 4.68 Å². The number of nitrogens with one attached hydrogen (secondary N) is 1. The molecule has 2 heterocycles. The van der Waals surface area contributed by atoms with Crippen molar-refractivity contribution in [3.05, 3.63) is 100 Å². The highest BCUT2D eigenvalue weighted by Crippen LogP contribution is 2.17. The third-order valence-corrected chi connectivity index (χ3v) is 4.80. The smallest absolute Gasteiger partial charge is 0.276 e. The van der Waals surface area contributed by atoms with Gasteiger partial charge in [0.2, 0.25) is 0 Å². The molecule has 0 bridgehead atoms. The Balaban J connectivity index is 1.60. The molecule has 29 heavy (non-hydrogen) atoms. The number of aryl methyl sites for hydroxylation is 1. The predicted molar refractivity (Wildman–Crippen MR) is 112 cm³/mol. The molecule has 0 saturated carbocycles. The van der Waals surface area contributed by atoms with Gasteiger partial charge in [-0.3, -0.25) is 4.79 Å². The molecule has 4 rings (SSSR count). The quantitative estimate of drug-likeness (QED) is 0.527. The van der Waals surface area contributed by atoms with Crippen molar-refractivity contribution in [1.82, 2.24) is 24.9 Å². The Morgan fingerprint density at radius 1 is 1.03 bits per heavy atom. The van der Waals surface area contributed by atoms with E-state index in [1.807, 2.05) is 84.5 Å². The molecule has 1 N–H and O–H groups in total. The zero-order valence-electron chi connectivity index (χ0n) is 15.9. The summed E-state index contributed by atoms with van der Waals surface area (Å²) in [6.45, 7) is 2.90. The van der Waals surface area contributed by atoms with Crippen LogP contribution in [0.15, 0.2) is 73.1 Å². The average Bonchev–Trinajstić information content (AvgIpc) is 3.37. The Bertz CT molecular complexity index is 1120. The summed E-state index contributed by atoms with van der Waals surface area (Å²) in [6, 6.07) is 19.4. The second-order valence-corrected chi connectivity index (χ2v) is 7.24. The van der Waals surface area contributed by atoms with Gasteiger partial charge in [0.25, 0.3) is 5.91 Å². The van der Waals surface area contributed by atoms with Gasteiger partial charge >= 0.3 is 0 Å². The lowest BCUT2D eigenvalue weighted by Crippen LogP contribution is -2.25. The number of hydrogen-bond acceptors (Lipinski definition) is 3. The van der Waals surface area contributed by atoms with E-state index in [1.165, 1.54) is 5.56 Å². The summed E-state index contributed by atoms with van der Waals surface area (Å²) in [7, 11) is 0. The first-order valence-corrected chi connectivity index (χ1v) is 9.63. The fourth-order valence-corrected chi connectivity index (χ4v) is 3.29. The largest absolute Gasteiger partial charge is 0.346 e. The first kappa shape index (κ1) is 19.0. The standard InChI is InChI=1S/C22H20ClN5O/c1-16-7-9-17(10-8-16)14-24-21(29)20-22(27-11-2-3-12-27)28(26-25-20)15-18-5-4-6-19(23)13-18/h2-13H,14-15H2,1H3,(H,24,29). The molecule has 0 spiro atoms. The maximum Gasteiger partial charge on any atom is 0.276 e. The van der Waals surface area contributed by atoms with Crippen LogP contribution in [0.2, 0.25) is 5.02 Å². The number of nitrogens with zero attached hydrogens (tertiary/aromatic N) is 4. The Morgan fingerprint density at radius 3 is 2.52 bits per heavy atom. The van der Waals surface area contributed by atoms with E-state index < -0.39 is 0 Å². The van der Waals surface area contributed by atoms with E-state index in [4.69, 9.17) is 11.6 Å². The van der Waals surface area contributed by atoms with Gasteiger partial charge in [-0.05, 0) is 42.3 Å². The van der Waals surface area contributed by atoms with Crippen LogP contribution in [-0.4, -0.2) is 25.5 Å². The van der Waals surface area contributed by atoms with Gasteiger partial charge < -0.3 is 9.88 Å². The highest BCUT2D eigenvalue weighted by Gasteiger charge is 2.21. The normalized spacial score (nSPS) is 10.8.